The van der Waals surface area contributed by atoms with Crippen molar-refractivity contribution in [3.63, 3.8) is 0 Å². The van der Waals surface area contributed by atoms with Gasteiger partial charge in [0.2, 0.25) is 0 Å². The molecule has 0 bridgehead atoms. The lowest BCUT2D eigenvalue weighted by molar-refractivity contribution is 1.18. The zero-order valence-corrected chi connectivity index (χ0v) is 32.7. The Morgan fingerprint density at radius 2 is 0.810 bits per heavy atom. The fourth-order valence-corrected chi connectivity index (χ4v) is 8.70. The van der Waals surface area contributed by atoms with Gasteiger partial charge in [0, 0.05) is 27.7 Å². The van der Waals surface area contributed by atoms with E-state index < -0.39 is 0 Å². The molecule has 276 valence electrons. The van der Waals surface area contributed by atoms with E-state index in [1.807, 2.05) is 0 Å². The molecule has 0 amide bonds. The van der Waals surface area contributed by atoms with Crippen LogP contribution in [-0.4, -0.2) is 4.57 Å². The summed E-state index contributed by atoms with van der Waals surface area (Å²) in [6.45, 7) is 4.44. The highest BCUT2D eigenvalue weighted by Crippen LogP contribution is 2.47. The first-order chi connectivity index (χ1) is 28.6. The third-order valence-electron chi connectivity index (χ3n) is 11.5. The van der Waals surface area contributed by atoms with E-state index in [1.165, 1.54) is 71.9 Å². The molecule has 0 aliphatic heterocycles. The Hall–Kier alpha value is -7.42. The SMILES string of the molecule is Cc1ccccc1-c1cccc(-n2c3ccccc3c3c(N(c4ccc(-c5ccccc5)cc4)c4ccc(-c5ccccc5)cc4)cccc32)c1-c1ccccc1C. The van der Waals surface area contributed by atoms with Gasteiger partial charge in [0.25, 0.3) is 0 Å². The summed E-state index contributed by atoms with van der Waals surface area (Å²) < 4.78 is 2.49. The van der Waals surface area contributed by atoms with Gasteiger partial charge in [-0.05, 0) is 112 Å². The second kappa shape index (κ2) is 14.9. The van der Waals surface area contributed by atoms with E-state index in [4.69, 9.17) is 0 Å². The molecule has 9 aromatic carbocycles. The van der Waals surface area contributed by atoms with Crippen LogP contribution >= 0.6 is 0 Å². The van der Waals surface area contributed by atoms with Crippen molar-refractivity contribution in [2.75, 3.05) is 4.90 Å². The molecule has 0 N–H and O–H groups in total. The van der Waals surface area contributed by atoms with Crippen LogP contribution in [0.15, 0.2) is 218 Å². The maximum absolute atomic E-state index is 2.49. The molecule has 0 aliphatic rings. The molecule has 0 fully saturated rings. The monoisotopic (exact) mass is 742 g/mol. The minimum atomic E-state index is 1.10. The van der Waals surface area contributed by atoms with Crippen molar-refractivity contribution in [2.45, 2.75) is 13.8 Å². The van der Waals surface area contributed by atoms with Gasteiger partial charge < -0.3 is 9.47 Å². The van der Waals surface area contributed by atoms with Crippen molar-refractivity contribution in [1.29, 1.82) is 0 Å². The Labute approximate surface area is 340 Å². The summed E-state index contributed by atoms with van der Waals surface area (Å²) >= 11 is 0. The van der Waals surface area contributed by atoms with Crippen molar-refractivity contribution >= 4 is 38.9 Å². The van der Waals surface area contributed by atoms with E-state index in [1.54, 1.807) is 0 Å². The number of fused-ring (bicyclic) bond motifs is 3. The van der Waals surface area contributed by atoms with Crippen molar-refractivity contribution in [1.82, 2.24) is 4.57 Å². The topological polar surface area (TPSA) is 8.17 Å². The lowest BCUT2D eigenvalue weighted by atomic mass is 9.89. The Morgan fingerprint density at radius 1 is 0.345 bits per heavy atom. The number of hydrogen-bond donors (Lipinski definition) is 0. The number of para-hydroxylation sites is 1. The van der Waals surface area contributed by atoms with Crippen LogP contribution in [0.2, 0.25) is 0 Å². The quantitative estimate of drug-likeness (QED) is 0.150. The third-order valence-corrected chi connectivity index (χ3v) is 11.5. The van der Waals surface area contributed by atoms with Crippen LogP contribution in [0.1, 0.15) is 11.1 Å². The van der Waals surface area contributed by atoms with Gasteiger partial charge in [0.15, 0.2) is 0 Å². The first kappa shape index (κ1) is 35.0. The maximum Gasteiger partial charge on any atom is 0.0562 e. The molecular weight excluding hydrogens is 701 g/mol. The van der Waals surface area contributed by atoms with Gasteiger partial charge in [-0.2, -0.15) is 0 Å². The summed E-state index contributed by atoms with van der Waals surface area (Å²) in [4.78, 5) is 2.43. The van der Waals surface area contributed by atoms with Gasteiger partial charge in [-0.25, -0.2) is 0 Å². The zero-order chi connectivity index (χ0) is 39.0. The smallest absolute Gasteiger partial charge is 0.0562 e. The van der Waals surface area contributed by atoms with Gasteiger partial charge in [0.1, 0.15) is 0 Å². The molecule has 0 radical (unpaired) electrons. The molecule has 0 aliphatic carbocycles. The Balaban J connectivity index is 1.23. The molecule has 1 aromatic heterocycles. The van der Waals surface area contributed by atoms with Crippen molar-refractivity contribution in [3.05, 3.63) is 230 Å². The van der Waals surface area contributed by atoms with Crippen LogP contribution in [0.3, 0.4) is 0 Å². The largest absolute Gasteiger partial charge is 0.310 e. The summed E-state index contributed by atoms with van der Waals surface area (Å²) in [5.74, 6) is 0. The Bertz CT molecular complexity index is 2970. The van der Waals surface area contributed by atoms with Crippen LogP contribution in [0, 0.1) is 13.8 Å². The number of rotatable bonds is 8. The lowest BCUT2D eigenvalue weighted by Crippen LogP contribution is -2.10. The molecule has 58 heavy (non-hydrogen) atoms. The van der Waals surface area contributed by atoms with Gasteiger partial charge in [-0.1, -0.05) is 170 Å². The van der Waals surface area contributed by atoms with Crippen LogP contribution in [0.25, 0.3) is 72.0 Å². The lowest BCUT2D eigenvalue weighted by Gasteiger charge is -2.27. The highest BCUT2D eigenvalue weighted by atomic mass is 15.1. The predicted octanol–water partition coefficient (Wildman–Crippen LogP) is 15.5. The Morgan fingerprint density at radius 3 is 1.41 bits per heavy atom. The maximum atomic E-state index is 2.49. The van der Waals surface area contributed by atoms with Crippen molar-refractivity contribution in [3.8, 4) is 50.2 Å². The number of aromatic nitrogens is 1. The second-order valence-electron chi connectivity index (χ2n) is 15.0. The van der Waals surface area contributed by atoms with E-state index in [-0.39, 0.29) is 0 Å². The summed E-state index contributed by atoms with van der Waals surface area (Å²) in [5, 5.41) is 2.41. The number of nitrogens with zero attached hydrogens (tertiary/aromatic N) is 2. The van der Waals surface area contributed by atoms with Crippen LogP contribution in [0.4, 0.5) is 17.1 Å². The highest BCUT2D eigenvalue weighted by molar-refractivity contribution is 6.17. The Kier molecular flexibility index (Phi) is 9.01. The van der Waals surface area contributed by atoms with Gasteiger partial charge in [-0.3, -0.25) is 0 Å². The molecule has 2 heteroatoms. The molecule has 0 saturated heterocycles. The average Bonchev–Trinajstić information content (AvgIpc) is 3.63. The fraction of sp³-hybridized carbons (Fsp3) is 0.0357. The van der Waals surface area contributed by atoms with Crippen molar-refractivity contribution in [2.24, 2.45) is 0 Å². The molecule has 10 aromatic rings. The molecule has 0 unspecified atom stereocenters. The zero-order valence-electron chi connectivity index (χ0n) is 32.7. The number of benzene rings is 9. The summed E-state index contributed by atoms with van der Waals surface area (Å²) in [5.41, 5.74) is 19.0. The van der Waals surface area contributed by atoms with Gasteiger partial charge in [-0.15, -0.1) is 0 Å². The molecule has 10 rings (SSSR count). The third kappa shape index (κ3) is 6.16. The van der Waals surface area contributed by atoms with Crippen LogP contribution < -0.4 is 4.90 Å². The second-order valence-corrected chi connectivity index (χ2v) is 15.0. The molecule has 0 atom stereocenters. The van der Waals surface area contributed by atoms with E-state index in [9.17, 15) is 0 Å². The van der Waals surface area contributed by atoms with Crippen LogP contribution in [0.5, 0.6) is 0 Å². The molecule has 0 spiro atoms. The number of hydrogen-bond acceptors (Lipinski definition) is 1. The minimum absolute atomic E-state index is 1.10. The summed E-state index contributed by atoms with van der Waals surface area (Å²) in [7, 11) is 0. The van der Waals surface area contributed by atoms with E-state index in [0.717, 1.165) is 28.3 Å². The van der Waals surface area contributed by atoms with Crippen LogP contribution in [-0.2, 0) is 0 Å². The molecular formula is C56H42N2. The summed E-state index contributed by atoms with van der Waals surface area (Å²) in [6, 6.07) is 79.2. The van der Waals surface area contributed by atoms with E-state index in [0.29, 0.717) is 0 Å². The molecule has 0 saturated carbocycles. The molecule has 1 heterocycles. The van der Waals surface area contributed by atoms with Crippen molar-refractivity contribution < 1.29 is 0 Å². The fourth-order valence-electron chi connectivity index (χ4n) is 8.70. The highest BCUT2D eigenvalue weighted by Gasteiger charge is 2.24. The summed E-state index contributed by atoms with van der Waals surface area (Å²) in [6.07, 6.45) is 0. The first-order valence-electron chi connectivity index (χ1n) is 20.0. The first-order valence-corrected chi connectivity index (χ1v) is 20.0. The standard InChI is InChI=1S/C56H42N2/c1-39-17-9-11-23-47(39)49-26-15-28-52(55(49)48-24-12-10-18-40(48)2)58-51-27-14-13-25-50(51)56-53(29-16-30-54(56)58)57(45-35-31-43(32-36-45)41-19-5-3-6-20-41)46-37-33-44(34-38-46)42-21-7-4-8-22-42/h3-38H,1-2H3. The van der Waals surface area contributed by atoms with Gasteiger partial charge in [0.05, 0.1) is 22.4 Å². The average molecular weight is 743 g/mol. The minimum Gasteiger partial charge on any atom is -0.310 e. The van der Waals surface area contributed by atoms with Gasteiger partial charge >= 0.3 is 0 Å². The molecule has 2 nitrogen and oxygen atoms in total. The number of aryl methyl sites for hydroxylation is 2. The normalized spacial score (nSPS) is 11.3. The predicted molar refractivity (Wildman–Crippen MR) is 247 cm³/mol. The van der Waals surface area contributed by atoms with E-state index >= 15 is 0 Å². The van der Waals surface area contributed by atoms with E-state index in [2.05, 4.69) is 242 Å². The number of anilines is 3.